The number of aliphatic hydroxyl groups is 1. The van der Waals surface area contributed by atoms with Gasteiger partial charge in [0, 0.05) is 0 Å². The van der Waals surface area contributed by atoms with E-state index in [2.05, 4.69) is 20.4 Å². The molecule has 0 saturated heterocycles. The van der Waals surface area contributed by atoms with Crippen molar-refractivity contribution in [1.29, 1.82) is 0 Å². The molecule has 1 aliphatic rings. The van der Waals surface area contributed by atoms with E-state index in [0.29, 0.717) is 11.3 Å². The van der Waals surface area contributed by atoms with Gasteiger partial charge < -0.3 is 5.11 Å². The zero-order valence-corrected chi connectivity index (χ0v) is 10.6. The maximum Gasteiger partial charge on any atom is 0.0576 e. The van der Waals surface area contributed by atoms with Crippen molar-refractivity contribution < 1.29 is 5.11 Å². The Bertz CT molecular complexity index is 217. The molecule has 0 amide bonds. The Hall–Kier alpha value is -0.300. The van der Waals surface area contributed by atoms with E-state index in [1.54, 1.807) is 0 Å². The lowest BCUT2D eigenvalue weighted by atomic mass is 9.66. The highest BCUT2D eigenvalue weighted by Crippen LogP contribution is 2.43. The molecule has 0 heterocycles. The Balaban J connectivity index is 2.49. The number of allylic oxidation sites excluding steroid dienone is 1. The van der Waals surface area contributed by atoms with Gasteiger partial charge in [0.15, 0.2) is 0 Å². The molecule has 1 saturated carbocycles. The first-order valence-electron chi connectivity index (χ1n) is 6.26. The maximum absolute atomic E-state index is 10.2. The Labute approximate surface area is 94.6 Å². The highest BCUT2D eigenvalue weighted by atomic mass is 16.3. The highest BCUT2D eigenvalue weighted by molar-refractivity contribution is 4.92. The molecule has 1 fully saturated rings. The molecule has 0 radical (unpaired) electrons. The maximum atomic E-state index is 10.2. The molecule has 1 heteroatoms. The fraction of sp³-hybridized carbons (Fsp3) is 0.857. The fourth-order valence-electron chi connectivity index (χ4n) is 2.83. The molecule has 2 unspecified atom stereocenters. The van der Waals surface area contributed by atoms with E-state index >= 15 is 0 Å². The van der Waals surface area contributed by atoms with Crippen LogP contribution in [0.1, 0.15) is 59.3 Å². The zero-order valence-electron chi connectivity index (χ0n) is 10.6. The van der Waals surface area contributed by atoms with Gasteiger partial charge >= 0.3 is 0 Å². The lowest BCUT2D eigenvalue weighted by Gasteiger charge is -2.41. The third-order valence-electron chi connectivity index (χ3n) is 3.92. The molecule has 0 aromatic carbocycles. The van der Waals surface area contributed by atoms with Crippen LogP contribution in [0.5, 0.6) is 0 Å². The van der Waals surface area contributed by atoms with Crippen LogP contribution < -0.4 is 0 Å². The number of hydrogen-bond donors (Lipinski definition) is 1. The molecule has 0 aliphatic heterocycles. The van der Waals surface area contributed by atoms with Gasteiger partial charge in [0.2, 0.25) is 0 Å². The molecule has 88 valence electrons. The topological polar surface area (TPSA) is 20.2 Å². The van der Waals surface area contributed by atoms with E-state index < -0.39 is 0 Å². The number of aliphatic hydroxyl groups excluding tert-OH is 1. The van der Waals surface area contributed by atoms with Gasteiger partial charge in [-0.25, -0.2) is 0 Å². The summed E-state index contributed by atoms with van der Waals surface area (Å²) in [5.74, 6) is 0.491. The molecule has 0 aromatic heterocycles. The number of rotatable bonds is 4. The van der Waals surface area contributed by atoms with E-state index in [0.717, 1.165) is 12.8 Å². The van der Waals surface area contributed by atoms with E-state index in [-0.39, 0.29) is 6.10 Å². The van der Waals surface area contributed by atoms with Gasteiger partial charge in [0.1, 0.15) is 0 Å². The Morgan fingerprint density at radius 1 is 1.47 bits per heavy atom. The molecule has 0 spiro atoms. The molecule has 15 heavy (non-hydrogen) atoms. The second-order valence-electron chi connectivity index (χ2n) is 5.90. The summed E-state index contributed by atoms with van der Waals surface area (Å²) in [6, 6.07) is 0. The molecule has 1 aliphatic carbocycles. The van der Waals surface area contributed by atoms with Crippen LogP contribution in [0.25, 0.3) is 0 Å². The predicted octanol–water partition coefficient (Wildman–Crippen LogP) is 3.92. The van der Waals surface area contributed by atoms with Crippen molar-refractivity contribution in [2.45, 2.75) is 65.4 Å². The van der Waals surface area contributed by atoms with Crippen LogP contribution in [0.4, 0.5) is 0 Å². The van der Waals surface area contributed by atoms with E-state index in [1.807, 2.05) is 6.92 Å². The summed E-state index contributed by atoms with van der Waals surface area (Å²) in [6.45, 7) is 10.6. The summed E-state index contributed by atoms with van der Waals surface area (Å²) < 4.78 is 0. The van der Waals surface area contributed by atoms with Gasteiger partial charge in [-0.05, 0) is 43.9 Å². The molecular formula is C14H26O. The second kappa shape index (κ2) is 5.16. The minimum atomic E-state index is -0.128. The Kier molecular flexibility index (Phi) is 4.39. The van der Waals surface area contributed by atoms with Crippen molar-refractivity contribution in [2.75, 3.05) is 0 Å². The molecule has 2 atom stereocenters. The molecule has 1 N–H and O–H groups in total. The summed E-state index contributed by atoms with van der Waals surface area (Å²) in [7, 11) is 0. The average molecular weight is 210 g/mol. The van der Waals surface area contributed by atoms with Gasteiger partial charge in [-0.3, -0.25) is 0 Å². The van der Waals surface area contributed by atoms with Gasteiger partial charge in [0.05, 0.1) is 6.10 Å². The van der Waals surface area contributed by atoms with Crippen LogP contribution in [0.15, 0.2) is 12.2 Å². The number of hydrogen-bond acceptors (Lipinski definition) is 1. The first kappa shape index (κ1) is 12.8. The quantitative estimate of drug-likeness (QED) is 0.697. The van der Waals surface area contributed by atoms with Crippen LogP contribution in [0.3, 0.4) is 0 Å². The largest absolute Gasteiger partial charge is 0.393 e. The van der Waals surface area contributed by atoms with Gasteiger partial charge in [-0.2, -0.15) is 0 Å². The van der Waals surface area contributed by atoms with Crippen molar-refractivity contribution >= 4 is 0 Å². The second-order valence-corrected chi connectivity index (χ2v) is 5.90. The van der Waals surface area contributed by atoms with E-state index in [9.17, 15) is 5.11 Å². The van der Waals surface area contributed by atoms with Crippen molar-refractivity contribution in [3.05, 3.63) is 12.2 Å². The normalized spacial score (nSPS) is 27.3. The fourth-order valence-corrected chi connectivity index (χ4v) is 2.83. The Morgan fingerprint density at radius 2 is 2.13 bits per heavy atom. The summed E-state index contributed by atoms with van der Waals surface area (Å²) in [6.07, 6.45) is 6.81. The molecule has 0 aromatic rings. The summed E-state index contributed by atoms with van der Waals surface area (Å²) in [5, 5.41) is 10.2. The summed E-state index contributed by atoms with van der Waals surface area (Å²) in [4.78, 5) is 0. The summed E-state index contributed by atoms with van der Waals surface area (Å²) >= 11 is 0. The zero-order chi connectivity index (χ0) is 11.5. The van der Waals surface area contributed by atoms with Gasteiger partial charge in [0.25, 0.3) is 0 Å². The van der Waals surface area contributed by atoms with Crippen molar-refractivity contribution in [3.8, 4) is 0 Å². The first-order valence-corrected chi connectivity index (χ1v) is 6.26. The predicted molar refractivity (Wildman–Crippen MR) is 65.8 cm³/mol. The first-order chi connectivity index (χ1) is 6.93. The Morgan fingerprint density at radius 3 is 2.67 bits per heavy atom. The van der Waals surface area contributed by atoms with Crippen LogP contribution in [0, 0.1) is 11.3 Å². The third-order valence-corrected chi connectivity index (χ3v) is 3.92. The van der Waals surface area contributed by atoms with Crippen LogP contribution in [0.2, 0.25) is 0 Å². The van der Waals surface area contributed by atoms with Gasteiger partial charge in [-0.1, -0.05) is 32.3 Å². The van der Waals surface area contributed by atoms with Gasteiger partial charge in [-0.15, -0.1) is 6.58 Å². The lowest BCUT2D eigenvalue weighted by Crippen LogP contribution is -2.36. The minimum absolute atomic E-state index is 0.128. The van der Waals surface area contributed by atoms with E-state index in [1.165, 1.54) is 31.3 Å². The summed E-state index contributed by atoms with van der Waals surface area (Å²) in [5.41, 5.74) is 1.51. The smallest absolute Gasteiger partial charge is 0.0576 e. The van der Waals surface area contributed by atoms with Crippen molar-refractivity contribution in [3.63, 3.8) is 0 Å². The lowest BCUT2D eigenvalue weighted by molar-refractivity contribution is 0.00104. The molecule has 0 bridgehead atoms. The van der Waals surface area contributed by atoms with Crippen LogP contribution in [-0.2, 0) is 0 Å². The van der Waals surface area contributed by atoms with Crippen molar-refractivity contribution in [2.24, 2.45) is 11.3 Å². The highest BCUT2D eigenvalue weighted by Gasteiger charge is 2.36. The average Bonchev–Trinajstić information content (AvgIpc) is 2.13. The molecular weight excluding hydrogens is 184 g/mol. The SMILES string of the molecule is C=C(C)CCC(O)C1CCCCC1(C)C. The third kappa shape index (κ3) is 3.64. The van der Waals surface area contributed by atoms with Crippen LogP contribution in [-0.4, -0.2) is 11.2 Å². The monoisotopic (exact) mass is 210 g/mol. The van der Waals surface area contributed by atoms with Crippen LogP contribution >= 0.6 is 0 Å². The molecule has 1 nitrogen and oxygen atoms in total. The minimum Gasteiger partial charge on any atom is -0.393 e. The molecule has 1 rings (SSSR count). The standard InChI is InChI=1S/C14H26O/c1-11(2)8-9-13(15)12-7-5-6-10-14(12,3)4/h12-13,15H,1,5-10H2,2-4H3. The van der Waals surface area contributed by atoms with E-state index in [4.69, 9.17) is 0 Å². The van der Waals surface area contributed by atoms with Crippen molar-refractivity contribution in [1.82, 2.24) is 0 Å².